The molecule has 8 nitrogen and oxygen atoms in total. The van der Waals surface area contributed by atoms with Crippen LogP contribution < -0.4 is 0 Å². The molecule has 3 aromatic rings. The first-order valence-electron chi connectivity index (χ1n) is 7.21. The fraction of sp³-hybridized carbons (Fsp3) is 0.0625. The van der Waals surface area contributed by atoms with Gasteiger partial charge >= 0.3 is 0 Å². The zero-order valence-corrected chi connectivity index (χ0v) is 13.8. The third-order valence-electron chi connectivity index (χ3n) is 3.30. The molecule has 0 atom stereocenters. The molecular formula is C16H13N5O3S. The van der Waals surface area contributed by atoms with Crippen molar-refractivity contribution in [2.45, 2.75) is 16.7 Å². The van der Waals surface area contributed by atoms with Crippen molar-refractivity contribution in [3.63, 3.8) is 0 Å². The predicted molar refractivity (Wildman–Crippen MR) is 92.3 cm³/mol. The van der Waals surface area contributed by atoms with Crippen LogP contribution in [0.4, 0.5) is 5.69 Å². The number of aromatic nitrogens is 4. The Bertz CT molecular complexity index is 924. The van der Waals surface area contributed by atoms with Crippen LogP contribution in [-0.2, 0) is 6.54 Å². The third-order valence-corrected chi connectivity index (χ3v) is 4.24. The number of rotatable bonds is 6. The van der Waals surface area contributed by atoms with Crippen LogP contribution >= 0.6 is 11.8 Å². The van der Waals surface area contributed by atoms with Crippen LogP contribution in [0.3, 0.4) is 0 Å². The maximum absolute atomic E-state index is 10.7. The number of hydrogen-bond acceptors (Lipinski definition) is 7. The summed E-state index contributed by atoms with van der Waals surface area (Å²) in [7, 11) is 0. The molecule has 0 amide bonds. The Kier molecular flexibility index (Phi) is 4.75. The number of hydrogen-bond donors (Lipinski definition) is 1. The topological polar surface area (TPSA) is 107 Å². The van der Waals surface area contributed by atoms with E-state index in [1.165, 1.54) is 24.0 Å². The summed E-state index contributed by atoms with van der Waals surface area (Å²) in [4.78, 5) is 14.3. The summed E-state index contributed by atoms with van der Waals surface area (Å²) in [6.45, 7) is 4.17. The lowest BCUT2D eigenvalue weighted by Gasteiger charge is -2.08. The van der Waals surface area contributed by atoms with E-state index in [-0.39, 0.29) is 11.4 Å². The molecule has 0 spiro atoms. The molecule has 0 bridgehead atoms. The highest BCUT2D eigenvalue weighted by atomic mass is 32.2. The number of phenolic OH excluding ortho intramolecular Hbond substituents is 1. The van der Waals surface area contributed by atoms with Crippen LogP contribution in [0, 0.1) is 10.1 Å². The van der Waals surface area contributed by atoms with E-state index in [4.69, 9.17) is 0 Å². The maximum Gasteiger partial charge on any atom is 0.287 e. The molecule has 3 rings (SSSR count). The van der Waals surface area contributed by atoms with Crippen LogP contribution in [0.25, 0.3) is 11.4 Å². The van der Waals surface area contributed by atoms with Gasteiger partial charge in [0.1, 0.15) is 17.0 Å². The highest BCUT2D eigenvalue weighted by molar-refractivity contribution is 7.99. The average molecular weight is 355 g/mol. The van der Waals surface area contributed by atoms with Crippen molar-refractivity contribution < 1.29 is 10.0 Å². The molecule has 0 fully saturated rings. The Morgan fingerprint density at radius 1 is 1.28 bits per heavy atom. The van der Waals surface area contributed by atoms with Gasteiger partial charge in [0.2, 0.25) is 0 Å². The van der Waals surface area contributed by atoms with E-state index in [2.05, 4.69) is 21.8 Å². The van der Waals surface area contributed by atoms with E-state index < -0.39 is 4.92 Å². The first kappa shape index (κ1) is 16.7. The fourth-order valence-corrected chi connectivity index (χ4v) is 2.94. The maximum atomic E-state index is 10.7. The van der Waals surface area contributed by atoms with E-state index in [1.54, 1.807) is 41.0 Å². The van der Waals surface area contributed by atoms with Crippen LogP contribution in [0.1, 0.15) is 0 Å². The molecule has 9 heteroatoms. The zero-order chi connectivity index (χ0) is 17.8. The lowest BCUT2D eigenvalue weighted by Crippen LogP contribution is -2.01. The van der Waals surface area contributed by atoms with Gasteiger partial charge in [0.15, 0.2) is 11.0 Å². The fourth-order valence-electron chi connectivity index (χ4n) is 2.15. The molecule has 2 aromatic heterocycles. The Labute approximate surface area is 147 Å². The smallest absolute Gasteiger partial charge is 0.287 e. The summed E-state index contributed by atoms with van der Waals surface area (Å²) < 4.78 is 1.79. The number of pyridine rings is 1. The molecule has 0 saturated carbocycles. The molecule has 0 radical (unpaired) electrons. The van der Waals surface area contributed by atoms with Gasteiger partial charge in [0, 0.05) is 12.6 Å². The van der Waals surface area contributed by atoms with Gasteiger partial charge in [0.25, 0.3) is 5.69 Å². The number of para-hydroxylation sites is 1. The number of aromatic hydroxyl groups is 1. The highest BCUT2D eigenvalue weighted by Gasteiger charge is 2.17. The Morgan fingerprint density at radius 2 is 2.08 bits per heavy atom. The summed E-state index contributed by atoms with van der Waals surface area (Å²) in [6.07, 6.45) is 2.89. The van der Waals surface area contributed by atoms with Gasteiger partial charge < -0.3 is 5.11 Å². The Hall–Kier alpha value is -3.20. The second-order valence-corrected chi connectivity index (χ2v) is 5.92. The molecule has 1 N–H and O–H groups in total. The quantitative estimate of drug-likeness (QED) is 0.411. The van der Waals surface area contributed by atoms with Crippen LogP contribution in [0.2, 0.25) is 0 Å². The van der Waals surface area contributed by atoms with Gasteiger partial charge in [-0.2, -0.15) is 0 Å². The van der Waals surface area contributed by atoms with Crippen molar-refractivity contribution in [1.82, 2.24) is 19.7 Å². The predicted octanol–water partition coefficient (Wildman–Crippen LogP) is 3.29. The largest absolute Gasteiger partial charge is 0.507 e. The Morgan fingerprint density at radius 3 is 2.72 bits per heavy atom. The first-order chi connectivity index (χ1) is 12.1. The summed E-state index contributed by atoms with van der Waals surface area (Å²) in [5.41, 5.74) is 0.479. The minimum atomic E-state index is -0.502. The average Bonchev–Trinajstić information content (AvgIpc) is 2.99. The van der Waals surface area contributed by atoms with Gasteiger partial charge in [-0.3, -0.25) is 14.7 Å². The molecule has 0 saturated heterocycles. The van der Waals surface area contributed by atoms with E-state index in [0.29, 0.717) is 28.1 Å². The van der Waals surface area contributed by atoms with Gasteiger partial charge in [-0.05, 0) is 30.0 Å². The van der Waals surface area contributed by atoms with Crippen LogP contribution in [0.5, 0.6) is 5.75 Å². The molecule has 0 aliphatic carbocycles. The van der Waals surface area contributed by atoms with Crippen molar-refractivity contribution in [3.05, 3.63) is 65.4 Å². The monoisotopic (exact) mass is 355 g/mol. The van der Waals surface area contributed by atoms with Crippen molar-refractivity contribution in [2.75, 3.05) is 0 Å². The molecule has 25 heavy (non-hydrogen) atoms. The van der Waals surface area contributed by atoms with Gasteiger partial charge in [-0.15, -0.1) is 16.8 Å². The number of benzene rings is 1. The summed E-state index contributed by atoms with van der Waals surface area (Å²) in [5, 5.41) is 30.1. The lowest BCUT2D eigenvalue weighted by molar-refractivity contribution is -0.385. The first-order valence-corrected chi connectivity index (χ1v) is 8.02. The number of allylic oxidation sites excluding steroid dienone is 1. The second-order valence-electron chi connectivity index (χ2n) is 4.94. The van der Waals surface area contributed by atoms with Crippen molar-refractivity contribution >= 4 is 17.4 Å². The van der Waals surface area contributed by atoms with E-state index in [1.807, 2.05) is 0 Å². The lowest BCUT2D eigenvalue weighted by atomic mass is 10.2. The van der Waals surface area contributed by atoms with Crippen LogP contribution in [0.15, 0.2) is 65.4 Å². The Balaban J connectivity index is 1.95. The standard InChI is InChI=1S/C16H13N5O3S/c1-2-9-20-15(12-5-3-4-6-13(12)22)18-19-16(20)25-14-8-7-11(10-17-14)21(23)24/h2-8,10,22H,1,9H2. The van der Waals surface area contributed by atoms with Gasteiger partial charge in [0.05, 0.1) is 10.5 Å². The molecule has 1 aromatic carbocycles. The van der Waals surface area contributed by atoms with Crippen molar-refractivity contribution in [2.24, 2.45) is 0 Å². The molecule has 126 valence electrons. The second kappa shape index (κ2) is 7.14. The zero-order valence-electron chi connectivity index (χ0n) is 12.9. The molecule has 0 aliphatic heterocycles. The number of nitro groups is 1. The van der Waals surface area contributed by atoms with Crippen molar-refractivity contribution in [1.29, 1.82) is 0 Å². The highest BCUT2D eigenvalue weighted by Crippen LogP contribution is 2.32. The van der Waals surface area contributed by atoms with E-state index in [9.17, 15) is 15.2 Å². The minimum absolute atomic E-state index is 0.0770. The van der Waals surface area contributed by atoms with Crippen molar-refractivity contribution in [3.8, 4) is 17.1 Å². The number of nitrogens with zero attached hydrogens (tertiary/aromatic N) is 5. The normalized spacial score (nSPS) is 10.6. The van der Waals surface area contributed by atoms with E-state index in [0.717, 1.165) is 0 Å². The molecular weight excluding hydrogens is 342 g/mol. The van der Waals surface area contributed by atoms with Crippen LogP contribution in [-0.4, -0.2) is 29.8 Å². The molecule has 2 heterocycles. The minimum Gasteiger partial charge on any atom is -0.507 e. The molecule has 0 unspecified atom stereocenters. The number of phenols is 1. The SMILES string of the molecule is C=CCn1c(Sc2ccc([N+](=O)[O-])cn2)nnc1-c1ccccc1O. The summed E-state index contributed by atoms with van der Waals surface area (Å²) in [6, 6.07) is 9.78. The summed E-state index contributed by atoms with van der Waals surface area (Å²) in [5.74, 6) is 0.604. The third kappa shape index (κ3) is 3.50. The van der Waals surface area contributed by atoms with E-state index >= 15 is 0 Å². The van der Waals surface area contributed by atoms with Gasteiger partial charge in [-0.1, -0.05) is 18.2 Å². The summed E-state index contributed by atoms with van der Waals surface area (Å²) >= 11 is 1.22. The molecule has 0 aliphatic rings. The van der Waals surface area contributed by atoms with Gasteiger partial charge in [-0.25, -0.2) is 4.98 Å².